The Bertz CT molecular complexity index is 1140. The van der Waals surface area contributed by atoms with Crippen LogP contribution in [0.1, 0.15) is 11.4 Å². The van der Waals surface area contributed by atoms with Crippen molar-refractivity contribution in [2.45, 2.75) is 6.54 Å². The van der Waals surface area contributed by atoms with Crippen molar-refractivity contribution in [3.8, 4) is 5.75 Å². The molecule has 9 heteroatoms. The number of hydrogen-bond donors (Lipinski definition) is 1. The first kappa shape index (κ1) is 16.2. The van der Waals surface area contributed by atoms with E-state index in [9.17, 15) is 0 Å². The van der Waals surface area contributed by atoms with Gasteiger partial charge in [-0.3, -0.25) is 5.10 Å². The van der Waals surface area contributed by atoms with Crippen LogP contribution in [-0.4, -0.2) is 43.2 Å². The number of fused-ring (bicyclic) bond motifs is 1. The van der Waals surface area contributed by atoms with Crippen molar-refractivity contribution in [2.24, 2.45) is 5.10 Å². The van der Waals surface area contributed by atoms with Gasteiger partial charge in [0.05, 0.1) is 18.8 Å². The zero-order valence-electron chi connectivity index (χ0n) is 13.9. The first-order chi connectivity index (χ1) is 12.8. The zero-order valence-corrected chi connectivity index (χ0v) is 14.7. The summed E-state index contributed by atoms with van der Waals surface area (Å²) >= 11 is 5.30. The summed E-state index contributed by atoms with van der Waals surface area (Å²) in [7, 11) is 1.62. The lowest BCUT2D eigenvalue weighted by Gasteiger charge is -2.04. The summed E-state index contributed by atoms with van der Waals surface area (Å²) in [5.74, 6) is 1.35. The van der Waals surface area contributed by atoms with Crippen LogP contribution in [-0.2, 0) is 6.54 Å². The van der Waals surface area contributed by atoms with Crippen molar-refractivity contribution < 1.29 is 4.74 Å². The Morgan fingerprint density at radius 3 is 2.88 bits per heavy atom. The molecule has 0 saturated carbocycles. The van der Waals surface area contributed by atoms with Gasteiger partial charge in [0.1, 0.15) is 17.8 Å². The Morgan fingerprint density at radius 1 is 1.19 bits per heavy atom. The molecular formula is C17H15N7OS. The highest BCUT2D eigenvalue weighted by atomic mass is 32.1. The maximum atomic E-state index is 5.34. The molecule has 0 saturated heterocycles. The molecule has 0 unspecified atom stereocenters. The summed E-state index contributed by atoms with van der Waals surface area (Å²) in [6.45, 7) is 0.386. The van der Waals surface area contributed by atoms with Gasteiger partial charge in [-0.1, -0.05) is 29.5 Å². The molecule has 1 N–H and O–H groups in total. The van der Waals surface area contributed by atoms with Gasteiger partial charge in [-0.05, 0) is 36.5 Å². The van der Waals surface area contributed by atoms with Crippen LogP contribution in [0.25, 0.3) is 11.0 Å². The number of nitrogens with one attached hydrogen (secondary N) is 1. The highest BCUT2D eigenvalue weighted by molar-refractivity contribution is 7.71. The summed E-state index contributed by atoms with van der Waals surface area (Å²) in [5.41, 5.74) is 2.59. The number of benzene rings is 2. The fraction of sp³-hybridized carbons (Fsp3) is 0.118. The molecule has 2 aromatic carbocycles. The molecule has 130 valence electrons. The van der Waals surface area contributed by atoms with Crippen molar-refractivity contribution in [1.82, 2.24) is 29.9 Å². The third-order valence-corrected chi connectivity index (χ3v) is 4.14. The smallest absolute Gasteiger partial charge is 0.216 e. The summed E-state index contributed by atoms with van der Waals surface area (Å²) < 4.78 is 9.06. The Morgan fingerprint density at radius 2 is 2.00 bits per heavy atom. The Labute approximate surface area is 153 Å². The molecule has 0 bridgehead atoms. The van der Waals surface area contributed by atoms with Crippen LogP contribution in [0.4, 0.5) is 0 Å². The third kappa shape index (κ3) is 3.00. The number of aromatic amines is 1. The third-order valence-electron chi connectivity index (χ3n) is 3.88. The molecule has 8 nitrogen and oxygen atoms in total. The van der Waals surface area contributed by atoms with E-state index < -0.39 is 0 Å². The second kappa shape index (κ2) is 6.89. The molecule has 0 aliphatic carbocycles. The SMILES string of the molecule is COc1ccccc1/C=N\n1c(Cn2nnc3ccccc32)n[nH]c1=S. The first-order valence-electron chi connectivity index (χ1n) is 7.88. The van der Waals surface area contributed by atoms with Crippen molar-refractivity contribution >= 4 is 29.5 Å². The van der Waals surface area contributed by atoms with Crippen LogP contribution in [0.15, 0.2) is 53.6 Å². The van der Waals surface area contributed by atoms with E-state index in [1.54, 1.807) is 22.7 Å². The number of ether oxygens (including phenoxy) is 1. The predicted molar refractivity (Wildman–Crippen MR) is 100 cm³/mol. The Balaban J connectivity index is 1.68. The highest BCUT2D eigenvalue weighted by Gasteiger charge is 2.10. The minimum absolute atomic E-state index is 0.386. The van der Waals surface area contributed by atoms with Crippen LogP contribution >= 0.6 is 12.2 Å². The van der Waals surface area contributed by atoms with Gasteiger partial charge < -0.3 is 4.74 Å². The summed E-state index contributed by atoms with van der Waals surface area (Å²) in [6.07, 6.45) is 1.69. The molecule has 2 aromatic heterocycles. The summed E-state index contributed by atoms with van der Waals surface area (Å²) in [4.78, 5) is 0. The minimum Gasteiger partial charge on any atom is -0.496 e. The van der Waals surface area contributed by atoms with E-state index in [0.29, 0.717) is 17.1 Å². The molecule has 0 atom stereocenters. The molecular weight excluding hydrogens is 350 g/mol. The fourth-order valence-electron chi connectivity index (χ4n) is 2.61. The Kier molecular flexibility index (Phi) is 4.28. The molecule has 0 aliphatic rings. The molecule has 0 fully saturated rings. The number of hydrogen-bond acceptors (Lipinski definition) is 6. The van der Waals surface area contributed by atoms with Gasteiger partial charge in [0.15, 0.2) is 5.82 Å². The van der Waals surface area contributed by atoms with Crippen molar-refractivity contribution in [3.63, 3.8) is 0 Å². The average molecular weight is 365 g/mol. The lowest BCUT2D eigenvalue weighted by Crippen LogP contribution is -2.08. The van der Waals surface area contributed by atoms with Crippen molar-refractivity contribution in [2.75, 3.05) is 7.11 Å². The number of aromatic nitrogens is 6. The van der Waals surface area contributed by atoms with Gasteiger partial charge in [-0.2, -0.15) is 14.9 Å². The topological polar surface area (TPSA) is 85.9 Å². The van der Waals surface area contributed by atoms with Crippen LogP contribution < -0.4 is 4.74 Å². The van der Waals surface area contributed by atoms with E-state index in [-0.39, 0.29) is 0 Å². The number of H-pyrrole nitrogens is 1. The maximum Gasteiger partial charge on any atom is 0.216 e. The van der Waals surface area contributed by atoms with E-state index in [1.165, 1.54) is 0 Å². The van der Waals surface area contributed by atoms with Gasteiger partial charge in [-0.25, -0.2) is 4.68 Å². The van der Waals surface area contributed by atoms with Gasteiger partial charge in [0.2, 0.25) is 4.77 Å². The van der Waals surface area contributed by atoms with Crippen LogP contribution in [0.2, 0.25) is 0 Å². The second-order valence-corrected chi connectivity index (χ2v) is 5.87. The largest absolute Gasteiger partial charge is 0.496 e. The standard InChI is InChI=1S/C17H15N7OS/c1-25-15-9-5-2-6-12(15)10-18-24-16(20-21-17(24)26)11-23-14-8-4-3-7-13(14)19-22-23/h2-10H,11H2,1H3,(H,21,26)/b18-10-. The zero-order chi connectivity index (χ0) is 17.9. The molecule has 2 heterocycles. The molecule has 0 amide bonds. The lowest BCUT2D eigenvalue weighted by molar-refractivity contribution is 0.414. The maximum absolute atomic E-state index is 5.34. The number of rotatable bonds is 5. The van der Waals surface area contributed by atoms with Gasteiger partial charge >= 0.3 is 0 Å². The van der Waals surface area contributed by atoms with E-state index in [4.69, 9.17) is 17.0 Å². The molecule has 4 rings (SSSR count). The van der Waals surface area contributed by atoms with Crippen molar-refractivity contribution in [1.29, 1.82) is 0 Å². The monoisotopic (exact) mass is 365 g/mol. The van der Waals surface area contributed by atoms with Gasteiger partial charge in [0.25, 0.3) is 0 Å². The van der Waals surface area contributed by atoms with Crippen LogP contribution in [0.3, 0.4) is 0 Å². The molecule has 26 heavy (non-hydrogen) atoms. The second-order valence-electron chi connectivity index (χ2n) is 5.48. The van der Waals surface area contributed by atoms with Crippen LogP contribution in [0.5, 0.6) is 5.75 Å². The molecule has 4 aromatic rings. The average Bonchev–Trinajstić information content (AvgIpc) is 3.24. The molecule has 0 aliphatic heterocycles. The molecule has 0 radical (unpaired) electrons. The lowest BCUT2D eigenvalue weighted by atomic mass is 10.2. The summed E-state index contributed by atoms with van der Waals surface area (Å²) in [6, 6.07) is 15.3. The number of para-hydroxylation sites is 2. The van der Waals surface area contributed by atoms with E-state index in [0.717, 1.165) is 22.3 Å². The predicted octanol–water partition coefficient (Wildman–Crippen LogP) is 2.62. The Hall–Kier alpha value is -3.33. The van der Waals surface area contributed by atoms with Gasteiger partial charge in [-0.15, -0.1) is 5.10 Å². The van der Waals surface area contributed by atoms with Crippen LogP contribution in [0, 0.1) is 4.77 Å². The molecule has 0 spiro atoms. The van der Waals surface area contributed by atoms with E-state index in [2.05, 4.69) is 25.6 Å². The minimum atomic E-state index is 0.386. The highest BCUT2D eigenvalue weighted by Crippen LogP contribution is 2.15. The number of methoxy groups -OCH3 is 1. The quantitative estimate of drug-likeness (QED) is 0.434. The van der Waals surface area contributed by atoms with E-state index in [1.807, 2.05) is 48.5 Å². The first-order valence-corrected chi connectivity index (χ1v) is 8.29. The fourth-order valence-corrected chi connectivity index (χ4v) is 2.80. The van der Waals surface area contributed by atoms with Gasteiger partial charge in [0, 0.05) is 5.56 Å². The summed E-state index contributed by atoms with van der Waals surface area (Å²) in [5, 5.41) is 19.8. The van der Waals surface area contributed by atoms with E-state index >= 15 is 0 Å². The number of nitrogens with zero attached hydrogens (tertiary/aromatic N) is 6. The normalized spacial score (nSPS) is 11.4. The van der Waals surface area contributed by atoms with Crippen molar-refractivity contribution in [3.05, 3.63) is 64.7 Å².